The molecule has 2 aromatic rings. The number of hydrogen-bond donors (Lipinski definition) is 5. The molecule has 0 saturated heterocycles. The summed E-state index contributed by atoms with van der Waals surface area (Å²) < 4.78 is 0. The Bertz CT molecular complexity index is 424. The highest BCUT2D eigenvalue weighted by Crippen LogP contribution is 2.30. The highest BCUT2D eigenvalue weighted by Gasteiger charge is 2.08. The van der Waals surface area contributed by atoms with Crippen LogP contribution in [0.5, 0.6) is 0 Å². The number of fused-ring (bicyclic) bond motifs is 1. The molecule has 68 valence electrons. The predicted molar refractivity (Wildman–Crippen MR) is 49.1 cm³/mol. The fourth-order valence-electron chi connectivity index (χ4n) is 1.34. The zero-order valence-corrected chi connectivity index (χ0v) is 6.70. The van der Waals surface area contributed by atoms with Crippen molar-refractivity contribution in [3.05, 3.63) is 24.3 Å². The van der Waals surface area contributed by atoms with E-state index in [9.17, 15) is 0 Å². The second-order valence-corrected chi connectivity index (χ2v) is 2.64. The molecule has 0 atom stereocenters. The van der Waals surface area contributed by atoms with Crippen molar-refractivity contribution in [2.75, 3.05) is 11.0 Å². The van der Waals surface area contributed by atoms with Crippen LogP contribution in [0.2, 0.25) is 0 Å². The third kappa shape index (κ3) is 1.10. The molecule has 5 nitrogen and oxygen atoms in total. The van der Waals surface area contributed by atoms with E-state index in [2.05, 4.69) is 4.98 Å². The van der Waals surface area contributed by atoms with E-state index in [4.69, 9.17) is 10.4 Å². The second kappa shape index (κ2) is 2.96. The Hall–Kier alpha value is -1.72. The van der Waals surface area contributed by atoms with Gasteiger partial charge in [-0.05, 0) is 6.07 Å². The van der Waals surface area contributed by atoms with Gasteiger partial charge in [-0.3, -0.25) is 21.4 Å². The maximum absolute atomic E-state index is 8.82. The molecule has 0 fully saturated rings. The van der Waals surface area contributed by atoms with Gasteiger partial charge in [-0.15, -0.1) is 0 Å². The third-order valence-corrected chi connectivity index (χ3v) is 1.93. The van der Waals surface area contributed by atoms with Gasteiger partial charge in [0.25, 0.3) is 0 Å². The summed E-state index contributed by atoms with van der Waals surface area (Å²) in [4.78, 5) is 2.88. The summed E-state index contributed by atoms with van der Waals surface area (Å²) in [5.41, 5.74) is 5.23. The van der Waals surface area contributed by atoms with Crippen LogP contribution in [0.15, 0.2) is 24.3 Å². The minimum Gasteiger partial charge on any atom is -0.338 e. The first-order valence-corrected chi connectivity index (χ1v) is 3.77. The largest absolute Gasteiger partial charge is 0.338 e. The van der Waals surface area contributed by atoms with Crippen LogP contribution in [-0.4, -0.2) is 15.4 Å². The summed E-state index contributed by atoms with van der Waals surface area (Å²) in [6, 6.07) is 7.38. The highest BCUT2D eigenvalue weighted by atomic mass is 16.5. The van der Waals surface area contributed by atoms with Crippen LogP contribution in [0.25, 0.3) is 10.9 Å². The maximum atomic E-state index is 8.82. The summed E-state index contributed by atoms with van der Waals surface area (Å²) in [5.74, 6) is 0.337. The van der Waals surface area contributed by atoms with Crippen molar-refractivity contribution < 1.29 is 10.4 Å². The van der Waals surface area contributed by atoms with Crippen molar-refractivity contribution in [1.82, 2.24) is 4.98 Å². The van der Waals surface area contributed by atoms with Crippen LogP contribution < -0.4 is 11.0 Å². The van der Waals surface area contributed by atoms with E-state index in [-0.39, 0.29) is 0 Å². The van der Waals surface area contributed by atoms with E-state index < -0.39 is 0 Å². The number of para-hydroxylation sites is 1. The average molecular weight is 179 g/mol. The van der Waals surface area contributed by atoms with Gasteiger partial charge in [-0.1, -0.05) is 18.2 Å². The van der Waals surface area contributed by atoms with Gasteiger partial charge in [0.15, 0.2) is 5.82 Å². The van der Waals surface area contributed by atoms with Crippen LogP contribution >= 0.6 is 0 Å². The van der Waals surface area contributed by atoms with Crippen molar-refractivity contribution in [2.45, 2.75) is 0 Å². The Kier molecular flexibility index (Phi) is 1.80. The van der Waals surface area contributed by atoms with E-state index >= 15 is 0 Å². The van der Waals surface area contributed by atoms with Gasteiger partial charge >= 0.3 is 0 Å². The summed E-state index contributed by atoms with van der Waals surface area (Å²) >= 11 is 0. The summed E-state index contributed by atoms with van der Waals surface area (Å²) in [6.45, 7) is 0. The van der Waals surface area contributed by atoms with Crippen LogP contribution in [0.3, 0.4) is 0 Å². The standard InChI is InChI=1S/C8H9N3O2/c12-10-7-5-3-1-2-4-6(5)9-8(7)11-13/h1-4,9-13H. The Labute approximate surface area is 73.9 Å². The molecule has 1 heterocycles. The minimum atomic E-state index is 0.337. The first-order chi connectivity index (χ1) is 6.36. The van der Waals surface area contributed by atoms with Crippen LogP contribution in [0.4, 0.5) is 11.5 Å². The Balaban J connectivity index is 2.73. The maximum Gasteiger partial charge on any atom is 0.154 e. The molecule has 5 N–H and O–H groups in total. The van der Waals surface area contributed by atoms with E-state index in [1.54, 1.807) is 0 Å². The Morgan fingerprint density at radius 3 is 2.54 bits per heavy atom. The first-order valence-electron chi connectivity index (χ1n) is 3.77. The highest BCUT2D eigenvalue weighted by molar-refractivity contribution is 5.98. The molecule has 0 bridgehead atoms. The number of H-pyrrole nitrogens is 1. The summed E-state index contributed by atoms with van der Waals surface area (Å²) in [6.07, 6.45) is 0. The molecule has 0 unspecified atom stereocenters. The number of aromatic nitrogens is 1. The molecule has 0 spiro atoms. The van der Waals surface area contributed by atoms with Crippen LogP contribution in [-0.2, 0) is 0 Å². The SMILES string of the molecule is ONc1[nH]c2ccccc2c1NO. The molecule has 0 aliphatic carbocycles. The number of hydrogen-bond acceptors (Lipinski definition) is 4. The van der Waals surface area contributed by atoms with Crippen LogP contribution in [0, 0.1) is 0 Å². The molecule has 5 heteroatoms. The van der Waals surface area contributed by atoms with Gasteiger partial charge in [-0.2, -0.15) is 0 Å². The average Bonchev–Trinajstić information content (AvgIpc) is 2.55. The number of anilines is 2. The van der Waals surface area contributed by atoms with E-state index in [0.717, 1.165) is 10.9 Å². The lowest BCUT2D eigenvalue weighted by atomic mass is 10.2. The van der Waals surface area contributed by atoms with Crippen LogP contribution in [0.1, 0.15) is 0 Å². The zero-order chi connectivity index (χ0) is 9.26. The Morgan fingerprint density at radius 1 is 1.08 bits per heavy atom. The second-order valence-electron chi connectivity index (χ2n) is 2.64. The first kappa shape index (κ1) is 7.90. The normalized spacial score (nSPS) is 10.3. The van der Waals surface area contributed by atoms with Gasteiger partial charge in [0, 0.05) is 10.9 Å². The lowest BCUT2D eigenvalue weighted by Gasteiger charge is -1.98. The molecule has 0 amide bonds. The Morgan fingerprint density at radius 2 is 1.85 bits per heavy atom. The molecule has 13 heavy (non-hydrogen) atoms. The number of benzene rings is 1. The smallest absolute Gasteiger partial charge is 0.154 e. The molecule has 1 aromatic heterocycles. The lowest BCUT2D eigenvalue weighted by Crippen LogP contribution is -1.95. The van der Waals surface area contributed by atoms with Crippen molar-refractivity contribution >= 4 is 22.4 Å². The zero-order valence-electron chi connectivity index (χ0n) is 6.70. The molecule has 0 aliphatic heterocycles. The van der Waals surface area contributed by atoms with Gasteiger partial charge in [0.1, 0.15) is 5.69 Å². The van der Waals surface area contributed by atoms with Crippen molar-refractivity contribution in [3.63, 3.8) is 0 Å². The molecular weight excluding hydrogens is 170 g/mol. The predicted octanol–water partition coefficient (Wildman–Crippen LogP) is 1.77. The number of aromatic amines is 1. The molecule has 1 aromatic carbocycles. The molecule has 0 saturated carbocycles. The van der Waals surface area contributed by atoms with Gasteiger partial charge < -0.3 is 4.98 Å². The summed E-state index contributed by atoms with van der Waals surface area (Å²) in [7, 11) is 0. The summed E-state index contributed by atoms with van der Waals surface area (Å²) in [5, 5.41) is 18.3. The fourth-order valence-corrected chi connectivity index (χ4v) is 1.34. The number of nitrogens with one attached hydrogen (secondary N) is 3. The van der Waals surface area contributed by atoms with E-state index in [1.165, 1.54) is 0 Å². The van der Waals surface area contributed by atoms with Gasteiger partial charge in [-0.25, -0.2) is 0 Å². The minimum absolute atomic E-state index is 0.337. The van der Waals surface area contributed by atoms with Gasteiger partial charge in [0.2, 0.25) is 0 Å². The van der Waals surface area contributed by atoms with Crippen molar-refractivity contribution in [3.8, 4) is 0 Å². The molecule has 0 radical (unpaired) electrons. The molecule has 2 rings (SSSR count). The lowest BCUT2D eigenvalue weighted by molar-refractivity contribution is 0.377. The number of rotatable bonds is 2. The van der Waals surface area contributed by atoms with Gasteiger partial charge in [0.05, 0.1) is 0 Å². The third-order valence-electron chi connectivity index (χ3n) is 1.93. The topological polar surface area (TPSA) is 80.3 Å². The van der Waals surface area contributed by atoms with E-state index in [0.29, 0.717) is 11.5 Å². The van der Waals surface area contributed by atoms with Crippen molar-refractivity contribution in [2.24, 2.45) is 0 Å². The quantitative estimate of drug-likeness (QED) is 0.455. The molecule has 0 aliphatic rings. The monoisotopic (exact) mass is 179 g/mol. The molecular formula is C8H9N3O2. The fraction of sp³-hybridized carbons (Fsp3) is 0. The van der Waals surface area contributed by atoms with Crippen molar-refractivity contribution in [1.29, 1.82) is 0 Å². The van der Waals surface area contributed by atoms with E-state index in [1.807, 2.05) is 35.2 Å².